The molecule has 5 rings (SSSR count). The van der Waals surface area contributed by atoms with Crippen molar-refractivity contribution in [3.8, 4) is 0 Å². The highest BCUT2D eigenvalue weighted by Crippen LogP contribution is 2.35. The standard InChI is InChI=1S/C22H23N3O3/c26-21-18(12-11-16-7-3-1-4-8-16)24-15-19(25(21)22(27)28)20(24)23-14-13-17-9-5-2-6-10-17/h1-10,18,23H,11-15H2,(H,27,28). The molecule has 2 amide bonds. The highest BCUT2D eigenvalue weighted by Gasteiger charge is 2.49. The predicted molar refractivity (Wildman–Crippen MR) is 105 cm³/mol. The number of fused-ring (bicyclic) bond motifs is 2. The highest BCUT2D eigenvalue weighted by atomic mass is 16.4. The number of amides is 2. The van der Waals surface area contributed by atoms with E-state index in [0.29, 0.717) is 25.2 Å². The van der Waals surface area contributed by atoms with E-state index >= 15 is 0 Å². The van der Waals surface area contributed by atoms with Crippen LogP contribution in [0.2, 0.25) is 0 Å². The molecule has 2 bridgehead atoms. The molecule has 0 aromatic heterocycles. The molecule has 1 atom stereocenters. The van der Waals surface area contributed by atoms with Crippen molar-refractivity contribution in [2.24, 2.45) is 0 Å². The number of benzene rings is 2. The first-order valence-electron chi connectivity index (χ1n) is 9.53. The number of rotatable bonds is 7. The second kappa shape index (κ2) is 7.76. The first-order chi connectivity index (χ1) is 13.6. The van der Waals surface area contributed by atoms with Gasteiger partial charge in [-0.25, -0.2) is 9.69 Å². The lowest BCUT2D eigenvalue weighted by atomic mass is 9.96. The number of imide groups is 1. The maximum absolute atomic E-state index is 12.7. The molecule has 0 aliphatic carbocycles. The van der Waals surface area contributed by atoms with Gasteiger partial charge in [-0.2, -0.15) is 0 Å². The average Bonchev–Trinajstić information content (AvgIpc) is 2.71. The van der Waals surface area contributed by atoms with Gasteiger partial charge in [-0.1, -0.05) is 60.7 Å². The van der Waals surface area contributed by atoms with Crippen LogP contribution in [0.25, 0.3) is 0 Å². The lowest BCUT2D eigenvalue weighted by Gasteiger charge is -2.51. The van der Waals surface area contributed by atoms with Gasteiger partial charge in [0.25, 0.3) is 5.91 Å². The summed E-state index contributed by atoms with van der Waals surface area (Å²) < 4.78 is 0. The molecule has 6 nitrogen and oxygen atoms in total. The van der Waals surface area contributed by atoms with Crippen molar-refractivity contribution >= 4 is 12.0 Å². The summed E-state index contributed by atoms with van der Waals surface area (Å²) in [5, 5.41) is 12.9. The summed E-state index contributed by atoms with van der Waals surface area (Å²) in [5.74, 6) is 0.425. The number of carbonyl (C=O) groups is 2. The van der Waals surface area contributed by atoms with Crippen molar-refractivity contribution in [3.63, 3.8) is 0 Å². The van der Waals surface area contributed by atoms with E-state index in [9.17, 15) is 14.7 Å². The van der Waals surface area contributed by atoms with Crippen LogP contribution in [0.15, 0.2) is 72.2 Å². The minimum atomic E-state index is -1.20. The van der Waals surface area contributed by atoms with Crippen LogP contribution in [-0.2, 0) is 17.6 Å². The SMILES string of the molecule is O=C(O)N1C(=O)C(CCc2ccccc2)N2CC1=C2NCCc1ccccc1. The van der Waals surface area contributed by atoms with E-state index in [4.69, 9.17) is 0 Å². The Morgan fingerprint density at radius 3 is 2.21 bits per heavy atom. The van der Waals surface area contributed by atoms with Crippen LogP contribution in [0.3, 0.4) is 0 Å². The number of piperazine rings is 1. The topological polar surface area (TPSA) is 72.9 Å². The fourth-order valence-electron chi connectivity index (χ4n) is 3.86. The third-order valence-corrected chi connectivity index (χ3v) is 5.32. The number of nitrogens with zero attached hydrogens (tertiary/aromatic N) is 2. The van der Waals surface area contributed by atoms with Gasteiger partial charge < -0.3 is 15.3 Å². The summed E-state index contributed by atoms with van der Waals surface area (Å²) >= 11 is 0. The number of nitrogens with one attached hydrogen (secondary N) is 1. The van der Waals surface area contributed by atoms with E-state index < -0.39 is 12.1 Å². The van der Waals surface area contributed by atoms with Crippen molar-refractivity contribution in [1.29, 1.82) is 0 Å². The Hall–Kier alpha value is -3.28. The molecule has 6 heteroatoms. The summed E-state index contributed by atoms with van der Waals surface area (Å²) in [6, 6.07) is 19.6. The zero-order valence-electron chi connectivity index (χ0n) is 15.5. The fraction of sp³-hybridized carbons (Fsp3) is 0.273. The molecule has 1 saturated heterocycles. The summed E-state index contributed by atoms with van der Waals surface area (Å²) in [6.07, 6.45) is 0.949. The van der Waals surface area contributed by atoms with Gasteiger partial charge in [0.2, 0.25) is 0 Å². The first kappa shape index (κ1) is 18.1. The van der Waals surface area contributed by atoms with E-state index in [1.54, 1.807) is 0 Å². The number of carboxylic acid groups (broad SMARTS) is 1. The van der Waals surface area contributed by atoms with Gasteiger partial charge in [-0.05, 0) is 30.4 Å². The van der Waals surface area contributed by atoms with Crippen LogP contribution in [0.5, 0.6) is 0 Å². The highest BCUT2D eigenvalue weighted by molar-refractivity contribution is 5.98. The second-order valence-corrected chi connectivity index (χ2v) is 7.08. The molecule has 0 spiro atoms. The molecule has 2 aromatic carbocycles. The van der Waals surface area contributed by atoms with Crippen LogP contribution >= 0.6 is 0 Å². The Kier molecular flexibility index (Phi) is 5.02. The third-order valence-electron chi connectivity index (χ3n) is 5.32. The maximum atomic E-state index is 12.7. The van der Waals surface area contributed by atoms with Crippen molar-refractivity contribution in [2.75, 3.05) is 13.1 Å². The molecule has 3 aliphatic heterocycles. The molecule has 0 saturated carbocycles. The van der Waals surface area contributed by atoms with Crippen LogP contribution in [0.4, 0.5) is 4.79 Å². The van der Waals surface area contributed by atoms with E-state index in [2.05, 4.69) is 17.4 Å². The van der Waals surface area contributed by atoms with Gasteiger partial charge in [0.05, 0.1) is 12.2 Å². The second-order valence-electron chi connectivity index (χ2n) is 7.08. The molecule has 2 N–H and O–H groups in total. The van der Waals surface area contributed by atoms with Gasteiger partial charge in [0.1, 0.15) is 11.9 Å². The molecule has 3 heterocycles. The molecular weight excluding hydrogens is 354 g/mol. The number of hydrogen-bond donors (Lipinski definition) is 2. The number of aryl methyl sites for hydroxylation is 1. The molecular formula is C22H23N3O3. The molecule has 144 valence electrons. The summed E-state index contributed by atoms with van der Waals surface area (Å²) in [4.78, 5) is 27.3. The smallest absolute Gasteiger partial charge is 0.418 e. The minimum Gasteiger partial charge on any atom is -0.464 e. The summed E-state index contributed by atoms with van der Waals surface area (Å²) in [6.45, 7) is 1.18. The van der Waals surface area contributed by atoms with Crippen molar-refractivity contribution in [2.45, 2.75) is 25.3 Å². The molecule has 0 radical (unpaired) electrons. The largest absolute Gasteiger partial charge is 0.464 e. The van der Waals surface area contributed by atoms with Gasteiger partial charge in [0.15, 0.2) is 0 Å². The molecule has 1 unspecified atom stereocenters. The van der Waals surface area contributed by atoms with E-state index in [1.807, 2.05) is 53.4 Å². The van der Waals surface area contributed by atoms with Gasteiger partial charge in [0, 0.05) is 6.54 Å². The zero-order chi connectivity index (χ0) is 19.5. The van der Waals surface area contributed by atoms with Crippen LogP contribution in [0.1, 0.15) is 17.5 Å². The average molecular weight is 377 g/mol. The Morgan fingerprint density at radius 2 is 1.61 bits per heavy atom. The minimum absolute atomic E-state index is 0.349. The lowest BCUT2D eigenvalue weighted by molar-refractivity contribution is -0.138. The monoisotopic (exact) mass is 377 g/mol. The van der Waals surface area contributed by atoms with Gasteiger partial charge in [-0.15, -0.1) is 0 Å². The molecule has 2 aromatic rings. The maximum Gasteiger partial charge on any atom is 0.418 e. The normalized spacial score (nSPS) is 18.1. The molecule has 28 heavy (non-hydrogen) atoms. The Labute approximate surface area is 164 Å². The van der Waals surface area contributed by atoms with Gasteiger partial charge >= 0.3 is 6.09 Å². The van der Waals surface area contributed by atoms with Crippen molar-refractivity contribution < 1.29 is 14.7 Å². The summed E-state index contributed by atoms with van der Waals surface area (Å²) in [7, 11) is 0. The quantitative estimate of drug-likeness (QED) is 0.776. The number of carbonyl (C=O) groups excluding carboxylic acids is 1. The Bertz CT molecular complexity index is 896. The lowest BCUT2D eigenvalue weighted by Crippen LogP contribution is -2.65. The third kappa shape index (κ3) is 3.45. The van der Waals surface area contributed by atoms with Crippen LogP contribution in [-0.4, -0.2) is 46.0 Å². The van der Waals surface area contributed by atoms with E-state index in [0.717, 1.165) is 29.1 Å². The summed E-state index contributed by atoms with van der Waals surface area (Å²) in [5.41, 5.74) is 2.92. The van der Waals surface area contributed by atoms with Crippen LogP contribution in [0, 0.1) is 0 Å². The fourth-order valence-corrected chi connectivity index (χ4v) is 3.86. The van der Waals surface area contributed by atoms with Crippen molar-refractivity contribution in [3.05, 3.63) is 83.3 Å². The molecule has 1 fully saturated rings. The predicted octanol–water partition coefficient (Wildman–Crippen LogP) is 2.83. The zero-order valence-corrected chi connectivity index (χ0v) is 15.5. The number of hydrogen-bond acceptors (Lipinski definition) is 4. The van der Waals surface area contributed by atoms with E-state index in [1.165, 1.54) is 5.56 Å². The molecule has 3 aliphatic rings. The van der Waals surface area contributed by atoms with Crippen LogP contribution < -0.4 is 5.32 Å². The Balaban J connectivity index is 1.45. The van der Waals surface area contributed by atoms with Gasteiger partial charge in [-0.3, -0.25) is 4.79 Å². The first-order valence-corrected chi connectivity index (χ1v) is 9.53. The van der Waals surface area contributed by atoms with E-state index in [-0.39, 0.29) is 5.91 Å². The Morgan fingerprint density at radius 1 is 1.00 bits per heavy atom. The van der Waals surface area contributed by atoms with Crippen molar-refractivity contribution in [1.82, 2.24) is 15.1 Å².